The number of esters is 1. The van der Waals surface area contributed by atoms with Gasteiger partial charge in [-0.1, -0.05) is 75.8 Å². The number of hydrogen-bond donors (Lipinski definition) is 2. The summed E-state index contributed by atoms with van der Waals surface area (Å²) in [4.78, 5) is 70.7. The van der Waals surface area contributed by atoms with Gasteiger partial charge in [0.05, 0.1) is 24.4 Å². The maximum absolute atomic E-state index is 14.4. The van der Waals surface area contributed by atoms with E-state index in [0.29, 0.717) is 63.4 Å². The maximum atomic E-state index is 14.4. The zero-order chi connectivity index (χ0) is 46.0. The number of ketones is 3. The molecule has 5 rings (SSSR count). The summed E-state index contributed by atoms with van der Waals surface area (Å²) < 4.78 is 30.3. The second-order valence-electron chi connectivity index (χ2n) is 18.9. The topological polar surface area (TPSA) is 175 Å². The standard InChI is InChI=1S/C50H73NO12/c1-9-36-24-30(2)23-31(3)25-43(59-7)46-44(60-8)27-34(6)50(58,63-46)47(55)48(56)51-22-14-13-17-38(51)49(57)62-45(32(4)18-20-39(36)52)33(5)26-35-19-21-42(40(53)28-35)61-29-41(54)37-15-11-10-12-16-37/h10-12,15-16,24,26,31-32,34-36,38,40,42-46,53,58H,9,13-14,17-23,25,27-29H2,1-8H3. The number of amides is 1. The van der Waals surface area contributed by atoms with Crippen LogP contribution in [0, 0.1) is 29.6 Å². The van der Waals surface area contributed by atoms with Crippen LogP contribution < -0.4 is 0 Å². The molecule has 3 aliphatic heterocycles. The molecule has 63 heavy (non-hydrogen) atoms. The molecule has 0 spiro atoms. The molecule has 13 unspecified atom stereocenters. The van der Waals surface area contributed by atoms with Crippen LogP contribution in [0.25, 0.3) is 0 Å². The third-order valence-electron chi connectivity index (χ3n) is 14.0. The average Bonchev–Trinajstić information content (AvgIpc) is 3.27. The van der Waals surface area contributed by atoms with E-state index in [1.165, 1.54) is 4.90 Å². The molecule has 1 aliphatic carbocycles. The number of carbonyl (C=O) groups is 5. The third kappa shape index (κ3) is 12.6. The number of carbonyl (C=O) groups excluding carboxylic acids is 5. The maximum Gasteiger partial charge on any atom is 0.329 e. The second kappa shape index (κ2) is 23.0. The first-order chi connectivity index (χ1) is 30.0. The minimum atomic E-state index is -2.49. The first-order valence-electron chi connectivity index (χ1n) is 23.3. The summed E-state index contributed by atoms with van der Waals surface area (Å²) in [5.41, 5.74) is 2.36. The quantitative estimate of drug-likeness (QED) is 0.116. The number of hydrogen-bond acceptors (Lipinski definition) is 12. The summed E-state index contributed by atoms with van der Waals surface area (Å²) in [6.45, 7) is 11.6. The van der Waals surface area contributed by atoms with E-state index in [1.54, 1.807) is 45.4 Å². The highest BCUT2D eigenvalue weighted by Crippen LogP contribution is 2.39. The van der Waals surface area contributed by atoms with Gasteiger partial charge in [-0.2, -0.15) is 0 Å². The molecule has 1 aromatic rings. The Kier molecular flexibility index (Phi) is 18.4. The van der Waals surface area contributed by atoms with Gasteiger partial charge >= 0.3 is 5.97 Å². The molecular formula is C50H73NO12. The number of allylic oxidation sites excluding steroid dienone is 3. The van der Waals surface area contributed by atoms with E-state index < -0.39 is 72.0 Å². The normalized spacial score (nSPS) is 36.1. The number of benzene rings is 1. The Morgan fingerprint density at radius 1 is 0.937 bits per heavy atom. The monoisotopic (exact) mass is 880 g/mol. The minimum Gasteiger partial charge on any atom is -0.456 e. The van der Waals surface area contributed by atoms with E-state index >= 15 is 0 Å². The molecule has 1 amide bonds. The molecule has 3 heterocycles. The van der Waals surface area contributed by atoms with Crippen LogP contribution in [0.1, 0.15) is 129 Å². The van der Waals surface area contributed by atoms with Crippen molar-refractivity contribution in [2.24, 2.45) is 29.6 Å². The zero-order valence-electron chi connectivity index (χ0n) is 38.8. The van der Waals surface area contributed by atoms with E-state index in [-0.39, 0.29) is 67.7 Å². The fourth-order valence-corrected chi connectivity index (χ4v) is 10.2. The summed E-state index contributed by atoms with van der Waals surface area (Å²) in [6.07, 6.45) is 5.73. The van der Waals surface area contributed by atoms with Gasteiger partial charge in [0.15, 0.2) is 5.78 Å². The summed E-state index contributed by atoms with van der Waals surface area (Å²) in [5.74, 6) is -6.79. The lowest BCUT2D eigenvalue weighted by Gasteiger charge is -2.47. The number of aliphatic hydroxyl groups is 2. The summed E-state index contributed by atoms with van der Waals surface area (Å²) in [5, 5.41) is 23.2. The Morgan fingerprint density at radius 2 is 1.63 bits per heavy atom. The van der Waals surface area contributed by atoms with Crippen molar-refractivity contribution in [2.75, 3.05) is 27.4 Å². The van der Waals surface area contributed by atoms with Gasteiger partial charge in [0, 0.05) is 44.6 Å². The molecule has 3 fully saturated rings. The van der Waals surface area contributed by atoms with Gasteiger partial charge in [0.1, 0.15) is 30.6 Å². The van der Waals surface area contributed by atoms with Crippen LogP contribution in [-0.4, -0.2) is 120 Å². The van der Waals surface area contributed by atoms with E-state index in [0.717, 1.165) is 11.1 Å². The molecule has 13 atom stereocenters. The Morgan fingerprint density at radius 3 is 2.30 bits per heavy atom. The minimum absolute atomic E-state index is 0.0686. The molecule has 2 bridgehead atoms. The molecule has 350 valence electrons. The number of nitrogens with zero attached hydrogens (tertiary/aromatic N) is 1. The van der Waals surface area contributed by atoms with E-state index in [2.05, 4.69) is 13.0 Å². The van der Waals surface area contributed by atoms with Crippen molar-refractivity contribution in [3.8, 4) is 0 Å². The first kappa shape index (κ1) is 50.4. The highest BCUT2D eigenvalue weighted by atomic mass is 16.7. The lowest BCUT2D eigenvalue weighted by molar-refractivity contribution is -0.302. The molecular weight excluding hydrogens is 807 g/mol. The Balaban J connectivity index is 1.42. The van der Waals surface area contributed by atoms with Crippen molar-refractivity contribution in [1.82, 2.24) is 4.90 Å². The predicted octanol–water partition coefficient (Wildman–Crippen LogP) is 6.76. The van der Waals surface area contributed by atoms with Crippen LogP contribution in [0.4, 0.5) is 0 Å². The van der Waals surface area contributed by atoms with Gasteiger partial charge in [-0.25, -0.2) is 4.79 Å². The van der Waals surface area contributed by atoms with Gasteiger partial charge < -0.3 is 38.8 Å². The number of ether oxygens (including phenoxy) is 5. The third-order valence-corrected chi connectivity index (χ3v) is 14.0. The van der Waals surface area contributed by atoms with Crippen molar-refractivity contribution in [2.45, 2.75) is 167 Å². The highest BCUT2D eigenvalue weighted by molar-refractivity contribution is 6.39. The van der Waals surface area contributed by atoms with Crippen LogP contribution in [0.15, 0.2) is 53.6 Å². The number of Topliss-reactive ketones (excluding diaryl/α,β-unsaturated/α-hetero) is 3. The molecule has 0 radical (unpaired) electrons. The summed E-state index contributed by atoms with van der Waals surface area (Å²) in [6, 6.07) is 7.81. The zero-order valence-corrected chi connectivity index (χ0v) is 38.8. The summed E-state index contributed by atoms with van der Waals surface area (Å²) >= 11 is 0. The number of piperidine rings is 1. The van der Waals surface area contributed by atoms with Crippen LogP contribution >= 0.6 is 0 Å². The van der Waals surface area contributed by atoms with Crippen LogP contribution in [0.2, 0.25) is 0 Å². The van der Waals surface area contributed by atoms with Crippen molar-refractivity contribution >= 4 is 29.2 Å². The highest BCUT2D eigenvalue weighted by Gasteiger charge is 2.56. The number of cyclic esters (lactones) is 1. The molecule has 0 aromatic heterocycles. The summed E-state index contributed by atoms with van der Waals surface area (Å²) in [7, 11) is 3.09. The number of methoxy groups -OCH3 is 2. The molecule has 1 saturated carbocycles. The van der Waals surface area contributed by atoms with Gasteiger partial charge in [-0.05, 0) is 108 Å². The number of aliphatic hydroxyl groups excluding tert-OH is 1. The largest absolute Gasteiger partial charge is 0.456 e. The molecule has 1 aromatic carbocycles. The number of fused-ring (bicyclic) bond motifs is 3. The Hall–Kier alpha value is -3.59. The van der Waals surface area contributed by atoms with E-state index in [9.17, 15) is 34.2 Å². The van der Waals surface area contributed by atoms with Gasteiger partial charge in [0.2, 0.25) is 5.79 Å². The smallest absolute Gasteiger partial charge is 0.329 e. The first-order valence-corrected chi connectivity index (χ1v) is 23.3. The SMILES string of the molecule is CCC1C=C(C)CC(C)CC(OC)C2OC(O)(C(=O)C(=O)N3CCCCC3C(=O)OC(C(C)=CC3CCC(OCC(=O)c4ccccc4)C(O)C3)C(C)CCC1=O)C(C)CC2OC. The van der Waals surface area contributed by atoms with Crippen molar-refractivity contribution < 1.29 is 57.9 Å². The fourth-order valence-electron chi connectivity index (χ4n) is 10.2. The number of rotatable bonds is 9. The van der Waals surface area contributed by atoms with Gasteiger partial charge in [-0.15, -0.1) is 0 Å². The molecule has 4 aliphatic rings. The van der Waals surface area contributed by atoms with Crippen LogP contribution in [-0.2, 0) is 42.9 Å². The van der Waals surface area contributed by atoms with Crippen molar-refractivity contribution in [1.29, 1.82) is 0 Å². The van der Waals surface area contributed by atoms with E-state index in [4.69, 9.17) is 23.7 Å². The molecule has 13 nitrogen and oxygen atoms in total. The fraction of sp³-hybridized carbons (Fsp3) is 0.700. The van der Waals surface area contributed by atoms with E-state index in [1.807, 2.05) is 39.8 Å². The van der Waals surface area contributed by atoms with Gasteiger partial charge in [-0.3, -0.25) is 19.2 Å². The lowest BCUT2D eigenvalue weighted by Crippen LogP contribution is -2.64. The second-order valence-corrected chi connectivity index (χ2v) is 18.9. The Labute approximate surface area is 374 Å². The molecule has 2 N–H and O–H groups in total. The predicted molar refractivity (Wildman–Crippen MR) is 236 cm³/mol. The molecule has 13 heteroatoms. The molecule has 2 saturated heterocycles. The van der Waals surface area contributed by atoms with Gasteiger partial charge in [0.25, 0.3) is 11.7 Å². The van der Waals surface area contributed by atoms with Crippen molar-refractivity contribution in [3.05, 3.63) is 59.2 Å². The van der Waals surface area contributed by atoms with Crippen LogP contribution in [0.3, 0.4) is 0 Å². The van der Waals surface area contributed by atoms with Crippen molar-refractivity contribution in [3.63, 3.8) is 0 Å². The van der Waals surface area contributed by atoms with Crippen LogP contribution in [0.5, 0.6) is 0 Å². The average molecular weight is 880 g/mol. The Bertz CT molecular complexity index is 1800. The lowest BCUT2D eigenvalue weighted by atomic mass is 9.82.